The van der Waals surface area contributed by atoms with Gasteiger partial charge in [0, 0.05) is 32.0 Å². The Kier molecular flexibility index (Phi) is 4.70. The Bertz CT molecular complexity index is 1030. The molecule has 0 aromatic carbocycles. The molecule has 1 N–H and O–H groups in total. The number of H-pyrrole nitrogens is 1. The van der Waals surface area contributed by atoms with E-state index in [0.717, 1.165) is 12.4 Å². The summed E-state index contributed by atoms with van der Waals surface area (Å²) < 4.78 is 33.2. The number of sulfonamides is 1. The number of likely N-dealkylation sites (N-methyl/N-ethyl adjacent to an activating group) is 1. The number of imidazole rings is 1. The van der Waals surface area contributed by atoms with Gasteiger partial charge in [0.25, 0.3) is 5.71 Å². The summed E-state index contributed by atoms with van der Waals surface area (Å²) in [5.41, 5.74) is 1.06. The number of pyridine rings is 1. The molecule has 0 bridgehead atoms. The average molecular weight is 390 g/mol. The minimum atomic E-state index is -3.68. The van der Waals surface area contributed by atoms with E-state index in [1.807, 2.05) is 6.92 Å². The van der Waals surface area contributed by atoms with E-state index < -0.39 is 10.0 Å². The molecule has 0 amide bonds. The molecule has 27 heavy (non-hydrogen) atoms. The van der Waals surface area contributed by atoms with Crippen molar-refractivity contribution in [2.75, 3.05) is 26.2 Å². The van der Waals surface area contributed by atoms with Crippen LogP contribution >= 0.6 is 0 Å². The molecule has 3 aromatic rings. The van der Waals surface area contributed by atoms with E-state index in [1.54, 1.807) is 18.5 Å². The number of aryl methyl sites for hydroxylation is 1. The van der Waals surface area contributed by atoms with Crippen LogP contribution in [0.5, 0.6) is 0 Å². The zero-order valence-electron chi connectivity index (χ0n) is 15.3. The molecule has 0 unspecified atom stereocenters. The molecule has 3 aromatic heterocycles. The molecular formula is C17H22N6O3S. The van der Waals surface area contributed by atoms with Crippen molar-refractivity contribution in [3.05, 3.63) is 36.2 Å². The highest BCUT2D eigenvalue weighted by molar-refractivity contribution is 7.89. The second kappa shape index (κ2) is 7.02. The smallest absolute Gasteiger partial charge is 0.258 e. The van der Waals surface area contributed by atoms with Crippen molar-refractivity contribution in [3.63, 3.8) is 0 Å². The fourth-order valence-electron chi connectivity index (χ4n) is 3.52. The molecule has 0 aliphatic carbocycles. The van der Waals surface area contributed by atoms with Gasteiger partial charge in [-0.25, -0.2) is 18.4 Å². The number of hydrogen-bond acceptors (Lipinski definition) is 7. The van der Waals surface area contributed by atoms with Crippen LogP contribution in [0.25, 0.3) is 11.1 Å². The summed E-state index contributed by atoms with van der Waals surface area (Å²) in [6.07, 6.45) is 5.43. The van der Waals surface area contributed by atoms with Crippen LogP contribution in [0.2, 0.25) is 0 Å². The maximum atomic E-state index is 13.2. The lowest BCUT2D eigenvalue weighted by Gasteiger charge is -2.39. The van der Waals surface area contributed by atoms with Crippen LogP contribution in [0.3, 0.4) is 0 Å². The lowest BCUT2D eigenvalue weighted by atomic mass is 10.2. The summed E-state index contributed by atoms with van der Waals surface area (Å²) in [5, 5.41) is 4.60. The lowest BCUT2D eigenvalue weighted by Crippen LogP contribution is -2.50. The van der Waals surface area contributed by atoms with Crippen molar-refractivity contribution in [2.24, 2.45) is 0 Å². The predicted octanol–water partition coefficient (Wildman–Crippen LogP) is 1.58. The van der Waals surface area contributed by atoms with Gasteiger partial charge in [-0.1, -0.05) is 19.0 Å². The van der Waals surface area contributed by atoms with Crippen LogP contribution in [0.1, 0.15) is 31.4 Å². The summed E-state index contributed by atoms with van der Waals surface area (Å²) in [6.45, 7) is 6.24. The second-order valence-corrected chi connectivity index (χ2v) is 8.43. The Labute approximate surface area is 157 Å². The number of nitrogens with zero attached hydrogens (tertiary/aromatic N) is 5. The third-order valence-electron chi connectivity index (χ3n) is 5.05. The van der Waals surface area contributed by atoms with Crippen LogP contribution in [0, 0.1) is 0 Å². The van der Waals surface area contributed by atoms with Gasteiger partial charge in [0.2, 0.25) is 10.0 Å². The second-order valence-electron chi connectivity index (χ2n) is 6.49. The number of aromatic amines is 1. The van der Waals surface area contributed by atoms with E-state index in [4.69, 9.17) is 4.52 Å². The molecule has 0 saturated carbocycles. The van der Waals surface area contributed by atoms with Crippen molar-refractivity contribution in [1.82, 2.24) is 29.3 Å². The zero-order valence-corrected chi connectivity index (χ0v) is 16.1. The summed E-state index contributed by atoms with van der Waals surface area (Å²) in [5.74, 6) is 0.776. The molecule has 4 rings (SSSR count). The van der Waals surface area contributed by atoms with Gasteiger partial charge in [-0.05, 0) is 19.0 Å². The molecule has 1 saturated heterocycles. The largest absolute Gasteiger partial charge is 0.347 e. The van der Waals surface area contributed by atoms with Gasteiger partial charge in [-0.3, -0.25) is 4.90 Å². The molecule has 10 heteroatoms. The molecule has 1 fully saturated rings. The number of nitrogens with one attached hydrogen (secondary N) is 1. The Hall–Kier alpha value is -2.30. The highest BCUT2D eigenvalue weighted by Crippen LogP contribution is 2.28. The SMILES string of the molecule is CCc1noc2ncc(S(=O)(=O)N3CCN(CC)[C@@H](c4ncc[nH]4)C3)cc12. The molecule has 144 valence electrons. The third-order valence-corrected chi connectivity index (χ3v) is 6.88. The number of hydrogen-bond donors (Lipinski definition) is 1. The topological polar surface area (TPSA) is 108 Å². The molecule has 1 aliphatic rings. The maximum Gasteiger partial charge on any atom is 0.258 e. The minimum Gasteiger partial charge on any atom is -0.347 e. The predicted molar refractivity (Wildman–Crippen MR) is 98.5 cm³/mol. The van der Waals surface area contributed by atoms with Crippen molar-refractivity contribution in [2.45, 2.75) is 31.2 Å². The average Bonchev–Trinajstić information content (AvgIpc) is 3.36. The van der Waals surface area contributed by atoms with Crippen LogP contribution in [-0.2, 0) is 16.4 Å². The zero-order chi connectivity index (χ0) is 19.0. The van der Waals surface area contributed by atoms with Crippen molar-refractivity contribution in [1.29, 1.82) is 0 Å². The van der Waals surface area contributed by atoms with Gasteiger partial charge < -0.3 is 9.51 Å². The van der Waals surface area contributed by atoms with Gasteiger partial charge in [-0.15, -0.1) is 0 Å². The maximum absolute atomic E-state index is 13.2. The quantitative estimate of drug-likeness (QED) is 0.704. The van der Waals surface area contributed by atoms with Crippen molar-refractivity contribution < 1.29 is 12.9 Å². The highest BCUT2D eigenvalue weighted by atomic mass is 32.2. The Morgan fingerprint density at radius 3 is 2.85 bits per heavy atom. The van der Waals surface area contributed by atoms with Crippen molar-refractivity contribution in [3.8, 4) is 0 Å². The first-order valence-electron chi connectivity index (χ1n) is 9.02. The minimum absolute atomic E-state index is 0.105. The van der Waals surface area contributed by atoms with E-state index in [1.165, 1.54) is 10.5 Å². The van der Waals surface area contributed by atoms with E-state index in [-0.39, 0.29) is 10.9 Å². The summed E-state index contributed by atoms with van der Waals surface area (Å²) in [6, 6.07) is 1.51. The fraction of sp³-hybridized carbons (Fsp3) is 0.471. The van der Waals surface area contributed by atoms with Gasteiger partial charge in [0.1, 0.15) is 10.7 Å². The molecule has 4 heterocycles. The summed E-state index contributed by atoms with van der Waals surface area (Å²) >= 11 is 0. The monoisotopic (exact) mass is 390 g/mol. The first kappa shape index (κ1) is 18.1. The molecule has 1 atom stereocenters. The van der Waals surface area contributed by atoms with Crippen molar-refractivity contribution >= 4 is 21.1 Å². The first-order chi connectivity index (χ1) is 13.0. The molecule has 9 nitrogen and oxygen atoms in total. The Morgan fingerprint density at radius 2 is 2.15 bits per heavy atom. The molecule has 0 spiro atoms. The Balaban J connectivity index is 1.67. The molecule has 1 aliphatic heterocycles. The molecule has 0 radical (unpaired) electrons. The van der Waals surface area contributed by atoms with Gasteiger partial charge in [0.05, 0.1) is 23.3 Å². The third kappa shape index (κ3) is 3.13. The highest BCUT2D eigenvalue weighted by Gasteiger charge is 2.36. The van der Waals surface area contributed by atoms with E-state index in [9.17, 15) is 8.42 Å². The number of rotatable bonds is 5. The lowest BCUT2D eigenvalue weighted by molar-refractivity contribution is 0.119. The van der Waals surface area contributed by atoms with Crippen LogP contribution in [0.4, 0.5) is 0 Å². The van der Waals surface area contributed by atoms with E-state index >= 15 is 0 Å². The Morgan fingerprint density at radius 1 is 1.30 bits per heavy atom. The van der Waals surface area contributed by atoms with E-state index in [0.29, 0.717) is 42.8 Å². The van der Waals surface area contributed by atoms with Crippen LogP contribution < -0.4 is 0 Å². The number of fused-ring (bicyclic) bond motifs is 1. The standard InChI is InChI=1S/C17H22N6O3S/c1-3-14-13-9-12(10-20-17(13)26-21-14)27(24,25)23-8-7-22(4-2)15(11-23)16-18-5-6-19-16/h5-6,9-10,15H,3-4,7-8,11H2,1-2H3,(H,18,19)/t15-/m1/s1. The first-order valence-corrected chi connectivity index (χ1v) is 10.5. The van der Waals surface area contributed by atoms with Crippen LogP contribution in [0.15, 0.2) is 34.1 Å². The fourth-order valence-corrected chi connectivity index (χ4v) is 4.93. The number of aromatic nitrogens is 4. The van der Waals surface area contributed by atoms with Crippen LogP contribution in [-0.4, -0.2) is 63.9 Å². The molecular weight excluding hydrogens is 368 g/mol. The normalized spacial score (nSPS) is 19.7. The van der Waals surface area contributed by atoms with Gasteiger partial charge in [0.15, 0.2) is 0 Å². The summed E-state index contributed by atoms with van der Waals surface area (Å²) in [4.78, 5) is 14.0. The van der Waals surface area contributed by atoms with Gasteiger partial charge >= 0.3 is 0 Å². The summed E-state index contributed by atoms with van der Waals surface area (Å²) in [7, 11) is -3.68. The van der Waals surface area contributed by atoms with Gasteiger partial charge in [-0.2, -0.15) is 4.31 Å². The number of piperazine rings is 1. The van der Waals surface area contributed by atoms with E-state index in [2.05, 4.69) is 31.9 Å².